The third-order valence-corrected chi connectivity index (χ3v) is 4.11. The Balaban J connectivity index is 2.09. The molecular formula is C15H30N2O. The molecule has 0 aromatic heterocycles. The molecule has 0 bridgehead atoms. The summed E-state index contributed by atoms with van der Waals surface area (Å²) >= 11 is 0. The van der Waals surface area contributed by atoms with E-state index in [1.165, 1.54) is 44.9 Å². The van der Waals surface area contributed by atoms with Gasteiger partial charge in [0.05, 0.1) is 5.54 Å². The second-order valence-corrected chi connectivity index (χ2v) is 5.76. The molecule has 0 unspecified atom stereocenters. The van der Waals surface area contributed by atoms with Gasteiger partial charge in [-0.1, -0.05) is 51.9 Å². The van der Waals surface area contributed by atoms with E-state index in [-0.39, 0.29) is 11.4 Å². The Morgan fingerprint density at radius 1 is 1.11 bits per heavy atom. The first-order valence-corrected chi connectivity index (χ1v) is 7.73. The fraction of sp³-hybridized carbons (Fsp3) is 0.933. The number of carbonyl (C=O) groups is 1. The van der Waals surface area contributed by atoms with Crippen LogP contribution in [0.15, 0.2) is 0 Å². The van der Waals surface area contributed by atoms with Crippen molar-refractivity contribution in [1.29, 1.82) is 0 Å². The number of rotatable bonds is 9. The minimum absolute atomic E-state index is 0.0701. The van der Waals surface area contributed by atoms with Crippen LogP contribution in [-0.4, -0.2) is 18.0 Å². The first-order chi connectivity index (χ1) is 8.72. The molecule has 0 saturated heterocycles. The van der Waals surface area contributed by atoms with E-state index in [9.17, 15) is 4.79 Å². The molecule has 1 amide bonds. The second kappa shape index (κ2) is 8.52. The third-order valence-electron chi connectivity index (χ3n) is 4.11. The van der Waals surface area contributed by atoms with Crippen molar-refractivity contribution in [1.82, 2.24) is 5.32 Å². The van der Waals surface area contributed by atoms with Gasteiger partial charge in [-0.15, -0.1) is 0 Å². The number of hydrogen-bond acceptors (Lipinski definition) is 2. The molecule has 3 nitrogen and oxygen atoms in total. The van der Waals surface area contributed by atoms with Crippen LogP contribution in [0.1, 0.15) is 77.6 Å². The predicted molar refractivity (Wildman–Crippen MR) is 76.4 cm³/mol. The highest BCUT2D eigenvalue weighted by Gasteiger charge is 2.33. The van der Waals surface area contributed by atoms with Crippen LogP contribution in [0, 0.1) is 0 Å². The van der Waals surface area contributed by atoms with E-state index in [1.54, 1.807) is 0 Å². The lowest BCUT2D eigenvalue weighted by Gasteiger charge is -2.28. The maximum atomic E-state index is 11.9. The van der Waals surface area contributed by atoms with Crippen molar-refractivity contribution >= 4 is 5.91 Å². The SMILES string of the molecule is CCCCCCCCC(=O)NC1(CN)CCCC1. The zero-order valence-electron chi connectivity index (χ0n) is 12.0. The number of nitrogens with two attached hydrogens (primary N) is 1. The molecule has 0 atom stereocenters. The largest absolute Gasteiger partial charge is 0.349 e. The Hall–Kier alpha value is -0.570. The van der Waals surface area contributed by atoms with Crippen molar-refractivity contribution in [2.75, 3.05) is 6.54 Å². The van der Waals surface area contributed by atoms with Crippen LogP contribution in [0.3, 0.4) is 0 Å². The highest BCUT2D eigenvalue weighted by Crippen LogP contribution is 2.28. The Morgan fingerprint density at radius 2 is 1.72 bits per heavy atom. The summed E-state index contributed by atoms with van der Waals surface area (Å²) in [5.41, 5.74) is 5.74. The van der Waals surface area contributed by atoms with E-state index >= 15 is 0 Å². The smallest absolute Gasteiger partial charge is 0.220 e. The van der Waals surface area contributed by atoms with Gasteiger partial charge in [-0.05, 0) is 19.3 Å². The van der Waals surface area contributed by atoms with Gasteiger partial charge >= 0.3 is 0 Å². The third kappa shape index (κ3) is 5.38. The predicted octanol–water partition coefficient (Wildman–Crippen LogP) is 3.12. The van der Waals surface area contributed by atoms with Gasteiger partial charge < -0.3 is 11.1 Å². The molecule has 0 spiro atoms. The van der Waals surface area contributed by atoms with Gasteiger partial charge in [0.1, 0.15) is 0 Å². The lowest BCUT2D eigenvalue weighted by molar-refractivity contribution is -0.123. The minimum Gasteiger partial charge on any atom is -0.349 e. The molecule has 0 aromatic carbocycles. The molecule has 1 saturated carbocycles. The van der Waals surface area contributed by atoms with E-state index < -0.39 is 0 Å². The van der Waals surface area contributed by atoms with E-state index in [0.717, 1.165) is 19.3 Å². The normalized spacial score (nSPS) is 17.9. The maximum Gasteiger partial charge on any atom is 0.220 e. The molecule has 0 heterocycles. The average molecular weight is 254 g/mol. The van der Waals surface area contributed by atoms with Crippen molar-refractivity contribution < 1.29 is 4.79 Å². The highest BCUT2D eigenvalue weighted by atomic mass is 16.1. The van der Waals surface area contributed by atoms with Crippen LogP contribution in [0.5, 0.6) is 0 Å². The van der Waals surface area contributed by atoms with E-state index in [4.69, 9.17) is 5.73 Å². The molecule has 1 aliphatic rings. The Labute approximate surface area is 112 Å². The Morgan fingerprint density at radius 3 is 2.33 bits per heavy atom. The monoisotopic (exact) mass is 254 g/mol. The molecule has 1 fully saturated rings. The first-order valence-electron chi connectivity index (χ1n) is 7.73. The number of hydrogen-bond donors (Lipinski definition) is 2. The van der Waals surface area contributed by atoms with Gasteiger partial charge in [0, 0.05) is 13.0 Å². The van der Waals surface area contributed by atoms with E-state index in [2.05, 4.69) is 12.2 Å². The summed E-state index contributed by atoms with van der Waals surface area (Å²) in [6.07, 6.45) is 12.6. The van der Waals surface area contributed by atoms with Crippen molar-refractivity contribution in [2.45, 2.75) is 83.1 Å². The van der Waals surface area contributed by atoms with E-state index in [0.29, 0.717) is 13.0 Å². The number of carbonyl (C=O) groups excluding carboxylic acids is 1. The Kier molecular flexibility index (Phi) is 7.33. The van der Waals surface area contributed by atoms with Crippen LogP contribution >= 0.6 is 0 Å². The zero-order valence-corrected chi connectivity index (χ0v) is 12.0. The van der Waals surface area contributed by atoms with Gasteiger partial charge in [-0.3, -0.25) is 4.79 Å². The molecule has 0 radical (unpaired) electrons. The van der Waals surface area contributed by atoms with Crippen molar-refractivity contribution in [3.8, 4) is 0 Å². The summed E-state index contributed by atoms with van der Waals surface area (Å²) in [6, 6.07) is 0. The minimum atomic E-state index is -0.0701. The second-order valence-electron chi connectivity index (χ2n) is 5.76. The molecule has 18 heavy (non-hydrogen) atoms. The summed E-state index contributed by atoms with van der Waals surface area (Å²) in [6.45, 7) is 2.82. The van der Waals surface area contributed by atoms with Crippen LogP contribution in [0.25, 0.3) is 0 Å². The topological polar surface area (TPSA) is 55.1 Å². The highest BCUT2D eigenvalue weighted by molar-refractivity contribution is 5.76. The molecule has 3 N–H and O–H groups in total. The van der Waals surface area contributed by atoms with Crippen LogP contribution in [-0.2, 0) is 4.79 Å². The van der Waals surface area contributed by atoms with Crippen molar-refractivity contribution in [3.63, 3.8) is 0 Å². The Bertz CT molecular complexity index is 235. The van der Waals surface area contributed by atoms with Crippen LogP contribution in [0.4, 0.5) is 0 Å². The summed E-state index contributed by atoms with van der Waals surface area (Å²) in [5, 5.41) is 3.18. The standard InChI is InChI=1S/C15H30N2O/c1-2-3-4-5-6-7-10-14(18)17-15(13-16)11-8-9-12-15/h2-13,16H2,1H3,(H,17,18). The fourth-order valence-electron chi connectivity index (χ4n) is 2.86. The molecule has 106 valence electrons. The zero-order chi connectivity index (χ0) is 13.3. The van der Waals surface area contributed by atoms with Gasteiger partial charge in [-0.2, -0.15) is 0 Å². The molecule has 0 aliphatic heterocycles. The summed E-state index contributed by atoms with van der Waals surface area (Å²) in [5.74, 6) is 0.206. The molecular weight excluding hydrogens is 224 g/mol. The summed E-state index contributed by atoms with van der Waals surface area (Å²) in [7, 11) is 0. The average Bonchev–Trinajstić information content (AvgIpc) is 2.83. The maximum absolute atomic E-state index is 11.9. The number of unbranched alkanes of at least 4 members (excludes halogenated alkanes) is 5. The fourth-order valence-corrected chi connectivity index (χ4v) is 2.86. The number of amides is 1. The summed E-state index contributed by atoms with van der Waals surface area (Å²) < 4.78 is 0. The van der Waals surface area contributed by atoms with Gasteiger partial charge in [0.2, 0.25) is 5.91 Å². The van der Waals surface area contributed by atoms with Crippen molar-refractivity contribution in [3.05, 3.63) is 0 Å². The first kappa shape index (κ1) is 15.5. The van der Waals surface area contributed by atoms with Gasteiger partial charge in [0.25, 0.3) is 0 Å². The lowest BCUT2D eigenvalue weighted by Crippen LogP contribution is -2.51. The molecule has 1 rings (SSSR count). The van der Waals surface area contributed by atoms with Crippen molar-refractivity contribution in [2.24, 2.45) is 5.73 Å². The summed E-state index contributed by atoms with van der Waals surface area (Å²) in [4.78, 5) is 11.9. The van der Waals surface area contributed by atoms with Crippen LogP contribution < -0.4 is 11.1 Å². The van der Waals surface area contributed by atoms with Crippen LogP contribution in [0.2, 0.25) is 0 Å². The quantitative estimate of drug-likeness (QED) is 0.621. The van der Waals surface area contributed by atoms with E-state index in [1.807, 2.05) is 0 Å². The lowest BCUT2D eigenvalue weighted by atomic mass is 9.97. The number of nitrogens with one attached hydrogen (secondary N) is 1. The molecule has 3 heteroatoms. The van der Waals surface area contributed by atoms with Gasteiger partial charge in [-0.25, -0.2) is 0 Å². The molecule has 1 aliphatic carbocycles. The molecule has 0 aromatic rings. The van der Waals surface area contributed by atoms with Gasteiger partial charge in [0.15, 0.2) is 0 Å².